The molecule has 25 heavy (non-hydrogen) atoms. The Morgan fingerprint density at radius 1 is 1.00 bits per heavy atom. The van der Waals surface area contributed by atoms with Crippen LogP contribution in [0.4, 0.5) is 5.69 Å². The predicted molar refractivity (Wildman–Crippen MR) is 102 cm³/mol. The highest BCUT2D eigenvalue weighted by Gasteiger charge is 2.12. The fraction of sp³-hybridized carbons (Fsp3) is 0.300. The van der Waals surface area contributed by atoms with Crippen molar-refractivity contribution in [2.24, 2.45) is 0 Å². The van der Waals surface area contributed by atoms with Gasteiger partial charge in [-0.1, -0.05) is 42.8 Å². The van der Waals surface area contributed by atoms with Gasteiger partial charge in [0.05, 0.1) is 0 Å². The topological polar surface area (TPSA) is 49.4 Å². The summed E-state index contributed by atoms with van der Waals surface area (Å²) in [7, 11) is 0. The fourth-order valence-corrected chi connectivity index (χ4v) is 2.57. The van der Waals surface area contributed by atoms with Gasteiger partial charge in [0.25, 0.3) is 0 Å². The number of benzene rings is 2. The van der Waals surface area contributed by atoms with Crippen LogP contribution in [0, 0.1) is 0 Å². The summed E-state index contributed by atoms with van der Waals surface area (Å²) in [5, 5.41) is 3.52. The van der Waals surface area contributed by atoms with E-state index in [-0.39, 0.29) is 18.2 Å². The van der Waals surface area contributed by atoms with Gasteiger partial charge >= 0.3 is 0 Å². The van der Waals surface area contributed by atoms with E-state index in [0.29, 0.717) is 18.1 Å². The Kier molecular flexibility index (Phi) is 7.02. The molecule has 132 valence electrons. The summed E-state index contributed by atoms with van der Waals surface area (Å²) in [4.78, 5) is 25.6. The average molecular weight is 359 g/mol. The Morgan fingerprint density at radius 3 is 2.16 bits per heavy atom. The highest BCUT2D eigenvalue weighted by atomic mass is 35.5. The third-order valence-electron chi connectivity index (χ3n) is 3.99. The second-order valence-electron chi connectivity index (χ2n) is 5.92. The van der Waals surface area contributed by atoms with Gasteiger partial charge in [-0.05, 0) is 41.8 Å². The maximum Gasteiger partial charge on any atom is 0.226 e. The second-order valence-corrected chi connectivity index (χ2v) is 6.35. The van der Waals surface area contributed by atoms with E-state index in [4.69, 9.17) is 11.6 Å². The van der Waals surface area contributed by atoms with Crippen molar-refractivity contribution < 1.29 is 9.59 Å². The Morgan fingerprint density at radius 2 is 1.60 bits per heavy atom. The van der Waals surface area contributed by atoms with Crippen LogP contribution < -0.4 is 5.32 Å². The molecule has 0 saturated carbocycles. The van der Waals surface area contributed by atoms with E-state index in [1.165, 1.54) is 12.5 Å². The molecule has 0 atom stereocenters. The zero-order chi connectivity index (χ0) is 18.2. The van der Waals surface area contributed by atoms with Crippen molar-refractivity contribution in [1.29, 1.82) is 0 Å². The van der Waals surface area contributed by atoms with E-state index in [0.717, 1.165) is 17.7 Å². The molecule has 0 saturated heterocycles. The van der Waals surface area contributed by atoms with Gasteiger partial charge in [0.15, 0.2) is 0 Å². The number of hydrogen-bond acceptors (Lipinski definition) is 2. The fourth-order valence-electron chi connectivity index (χ4n) is 2.44. The van der Waals surface area contributed by atoms with Crippen molar-refractivity contribution in [2.75, 3.05) is 11.9 Å². The van der Waals surface area contributed by atoms with Crippen molar-refractivity contribution in [1.82, 2.24) is 4.90 Å². The van der Waals surface area contributed by atoms with Crippen LogP contribution in [0.3, 0.4) is 0 Å². The van der Waals surface area contributed by atoms with Gasteiger partial charge < -0.3 is 10.2 Å². The largest absolute Gasteiger partial charge is 0.338 e. The summed E-state index contributed by atoms with van der Waals surface area (Å²) < 4.78 is 0. The maximum atomic E-state index is 12.1. The number of amides is 2. The molecule has 0 heterocycles. The molecule has 0 aliphatic carbocycles. The van der Waals surface area contributed by atoms with Crippen LogP contribution in [-0.4, -0.2) is 23.3 Å². The highest BCUT2D eigenvalue weighted by molar-refractivity contribution is 6.30. The molecule has 2 aromatic rings. The van der Waals surface area contributed by atoms with Crippen LogP contribution in [-0.2, 0) is 22.6 Å². The molecule has 0 unspecified atom stereocenters. The molecule has 0 aliphatic rings. The Hall–Kier alpha value is -2.33. The minimum atomic E-state index is -0.105. The van der Waals surface area contributed by atoms with Gasteiger partial charge in [0.2, 0.25) is 11.8 Å². The first-order chi connectivity index (χ1) is 12.0. The summed E-state index contributed by atoms with van der Waals surface area (Å²) in [5.41, 5.74) is 2.98. The molecule has 0 aliphatic heterocycles. The molecule has 2 aromatic carbocycles. The monoisotopic (exact) mass is 358 g/mol. The minimum Gasteiger partial charge on any atom is -0.338 e. The van der Waals surface area contributed by atoms with E-state index in [1.807, 2.05) is 36.4 Å². The maximum absolute atomic E-state index is 12.1. The third kappa shape index (κ3) is 6.24. The lowest BCUT2D eigenvalue weighted by Gasteiger charge is -2.21. The van der Waals surface area contributed by atoms with Crippen LogP contribution in [0.15, 0.2) is 48.5 Å². The Balaban J connectivity index is 1.87. The van der Waals surface area contributed by atoms with Gasteiger partial charge in [-0.2, -0.15) is 0 Å². The number of nitrogens with one attached hydrogen (secondary N) is 1. The van der Waals surface area contributed by atoms with E-state index in [9.17, 15) is 9.59 Å². The standard InChI is InChI=1S/C20H23ClN2O2/c1-3-16-6-10-19(11-7-16)22-20(25)12-13-23(15(2)24)14-17-4-8-18(21)9-5-17/h4-11H,3,12-14H2,1-2H3,(H,22,25). The third-order valence-corrected chi connectivity index (χ3v) is 4.24. The van der Waals surface area contributed by atoms with E-state index >= 15 is 0 Å². The number of carbonyl (C=O) groups excluding carboxylic acids is 2. The number of halogens is 1. The zero-order valence-electron chi connectivity index (χ0n) is 14.6. The van der Waals surface area contributed by atoms with E-state index in [2.05, 4.69) is 12.2 Å². The molecule has 0 aromatic heterocycles. The normalized spacial score (nSPS) is 10.4. The van der Waals surface area contributed by atoms with Crippen LogP contribution in [0.1, 0.15) is 31.4 Å². The molecule has 0 bridgehead atoms. The lowest BCUT2D eigenvalue weighted by Crippen LogP contribution is -2.31. The van der Waals surface area contributed by atoms with Crippen molar-refractivity contribution in [3.05, 3.63) is 64.7 Å². The van der Waals surface area contributed by atoms with Crippen molar-refractivity contribution in [2.45, 2.75) is 33.2 Å². The SMILES string of the molecule is CCc1ccc(NC(=O)CCN(Cc2ccc(Cl)cc2)C(C)=O)cc1. The summed E-state index contributed by atoms with van der Waals surface area (Å²) >= 11 is 5.88. The molecule has 5 heteroatoms. The minimum absolute atomic E-state index is 0.0601. The summed E-state index contributed by atoms with van der Waals surface area (Å²) in [6.45, 7) is 4.43. The van der Waals surface area contributed by atoms with Crippen molar-refractivity contribution in [3.8, 4) is 0 Å². The molecule has 4 nitrogen and oxygen atoms in total. The second kappa shape index (κ2) is 9.23. The summed E-state index contributed by atoms with van der Waals surface area (Å²) in [6, 6.07) is 15.1. The highest BCUT2D eigenvalue weighted by Crippen LogP contribution is 2.13. The first kappa shape index (κ1) is 19.0. The molecule has 2 rings (SSSR count). The molecular formula is C20H23ClN2O2. The van der Waals surface area contributed by atoms with E-state index < -0.39 is 0 Å². The predicted octanol–water partition coefficient (Wildman–Crippen LogP) is 4.28. The van der Waals surface area contributed by atoms with Crippen LogP contribution >= 0.6 is 11.6 Å². The van der Waals surface area contributed by atoms with Gasteiger partial charge in [-0.3, -0.25) is 9.59 Å². The smallest absolute Gasteiger partial charge is 0.226 e. The number of rotatable bonds is 7. The van der Waals surface area contributed by atoms with Gasteiger partial charge in [0, 0.05) is 37.1 Å². The van der Waals surface area contributed by atoms with Crippen molar-refractivity contribution >= 4 is 29.1 Å². The molecule has 0 radical (unpaired) electrons. The number of carbonyl (C=O) groups is 2. The summed E-state index contributed by atoms with van der Waals surface area (Å²) in [6.07, 6.45) is 1.22. The van der Waals surface area contributed by atoms with Gasteiger partial charge in [0.1, 0.15) is 0 Å². The molecule has 0 spiro atoms. The first-order valence-corrected chi connectivity index (χ1v) is 8.74. The Bertz CT molecular complexity index is 711. The molecule has 1 N–H and O–H groups in total. The molecular weight excluding hydrogens is 336 g/mol. The average Bonchev–Trinajstić information content (AvgIpc) is 2.60. The lowest BCUT2D eigenvalue weighted by atomic mass is 10.1. The molecule has 2 amide bonds. The van der Waals surface area contributed by atoms with Crippen LogP contribution in [0.2, 0.25) is 5.02 Å². The number of hydrogen-bond donors (Lipinski definition) is 1. The van der Waals surface area contributed by atoms with E-state index in [1.54, 1.807) is 17.0 Å². The Labute approximate surface area is 153 Å². The van der Waals surface area contributed by atoms with Gasteiger partial charge in [-0.15, -0.1) is 0 Å². The number of anilines is 1. The first-order valence-electron chi connectivity index (χ1n) is 8.36. The number of nitrogens with zero attached hydrogens (tertiary/aromatic N) is 1. The lowest BCUT2D eigenvalue weighted by molar-refractivity contribution is -0.129. The van der Waals surface area contributed by atoms with Crippen LogP contribution in [0.5, 0.6) is 0 Å². The zero-order valence-corrected chi connectivity index (χ0v) is 15.3. The van der Waals surface area contributed by atoms with Crippen molar-refractivity contribution in [3.63, 3.8) is 0 Å². The van der Waals surface area contributed by atoms with Crippen LogP contribution in [0.25, 0.3) is 0 Å². The summed E-state index contributed by atoms with van der Waals surface area (Å²) in [5.74, 6) is -0.165. The molecule has 0 fully saturated rings. The number of aryl methyl sites for hydroxylation is 1. The van der Waals surface area contributed by atoms with Gasteiger partial charge in [-0.25, -0.2) is 0 Å². The quantitative estimate of drug-likeness (QED) is 0.803.